The molecule has 16 heavy (non-hydrogen) atoms. The Kier molecular flexibility index (Phi) is 4.45. The molecule has 0 bridgehead atoms. The molecule has 1 amide bonds. The van der Waals surface area contributed by atoms with E-state index >= 15 is 0 Å². The van der Waals surface area contributed by atoms with Gasteiger partial charge in [-0.05, 0) is 6.42 Å². The lowest BCUT2D eigenvalue weighted by Gasteiger charge is -2.24. The lowest BCUT2D eigenvalue weighted by atomic mass is 10.3. The van der Waals surface area contributed by atoms with Gasteiger partial charge in [0.2, 0.25) is 5.95 Å². The second-order valence-electron chi connectivity index (χ2n) is 3.21. The monoisotopic (exact) mass is 244 g/mol. The Hall–Kier alpha value is -1.40. The molecular weight excluding hydrogens is 232 g/mol. The fourth-order valence-corrected chi connectivity index (χ4v) is 1.33. The van der Waals surface area contributed by atoms with Gasteiger partial charge in [0.15, 0.2) is 0 Å². The Labute approximate surface area is 99.2 Å². The zero-order valence-electron chi connectivity index (χ0n) is 8.63. The summed E-state index contributed by atoms with van der Waals surface area (Å²) < 4.78 is 4.88. The Morgan fingerprint density at radius 3 is 2.69 bits per heavy atom. The maximum atomic E-state index is 11.3. The molecule has 1 aliphatic rings. The smallest absolute Gasteiger partial charge is 0.416 e. The van der Waals surface area contributed by atoms with Crippen LogP contribution in [0.5, 0.6) is 0 Å². The van der Waals surface area contributed by atoms with Gasteiger partial charge in [0, 0.05) is 31.0 Å². The van der Waals surface area contributed by atoms with Crippen molar-refractivity contribution in [1.29, 1.82) is 0 Å². The number of rotatable bonds is 2. The fraction of sp³-hybridized carbons (Fsp3) is 0.444. The number of cyclic esters (lactones) is 1. The van der Waals surface area contributed by atoms with E-state index in [-0.39, 0.29) is 18.5 Å². The van der Waals surface area contributed by atoms with Crippen LogP contribution in [0.25, 0.3) is 0 Å². The molecule has 0 aromatic carbocycles. The molecule has 6 nitrogen and oxygen atoms in total. The summed E-state index contributed by atoms with van der Waals surface area (Å²) in [4.78, 5) is 20.9. The molecule has 7 heteroatoms. The maximum Gasteiger partial charge on any atom is 0.416 e. The van der Waals surface area contributed by atoms with Gasteiger partial charge < -0.3 is 10.5 Å². The van der Waals surface area contributed by atoms with Crippen molar-refractivity contribution >= 4 is 24.4 Å². The first-order valence-corrected chi connectivity index (χ1v) is 4.76. The summed E-state index contributed by atoms with van der Waals surface area (Å²) in [5, 5.41) is 0. The lowest BCUT2D eigenvalue weighted by molar-refractivity contribution is 0.139. The van der Waals surface area contributed by atoms with Crippen LogP contribution in [0.4, 0.5) is 10.7 Å². The van der Waals surface area contributed by atoms with Crippen molar-refractivity contribution in [3.63, 3.8) is 0 Å². The standard InChI is InChI=1S/C9H12N4O2.ClH/c10-4-7-5-11-8(12-6-7)13-2-1-3-15-9(13)14;/h5-6H,1-4,10H2;1H. The highest BCUT2D eigenvalue weighted by Gasteiger charge is 2.23. The molecule has 2 rings (SSSR count). The summed E-state index contributed by atoms with van der Waals surface area (Å²) in [6, 6.07) is 0. The van der Waals surface area contributed by atoms with Gasteiger partial charge in [-0.2, -0.15) is 0 Å². The number of halogens is 1. The van der Waals surface area contributed by atoms with Crippen LogP contribution in [-0.2, 0) is 11.3 Å². The molecule has 0 radical (unpaired) electrons. The molecule has 1 fully saturated rings. The van der Waals surface area contributed by atoms with Crippen molar-refractivity contribution in [3.8, 4) is 0 Å². The number of aromatic nitrogens is 2. The summed E-state index contributed by atoms with van der Waals surface area (Å²) in [6.45, 7) is 1.46. The molecule has 1 aromatic rings. The highest BCUT2D eigenvalue weighted by atomic mass is 35.5. The van der Waals surface area contributed by atoms with Crippen molar-refractivity contribution in [2.75, 3.05) is 18.1 Å². The molecule has 1 aliphatic heterocycles. The quantitative estimate of drug-likeness (QED) is 0.828. The zero-order chi connectivity index (χ0) is 10.7. The van der Waals surface area contributed by atoms with E-state index in [9.17, 15) is 4.79 Å². The van der Waals surface area contributed by atoms with Crippen LogP contribution < -0.4 is 10.6 Å². The van der Waals surface area contributed by atoms with E-state index in [1.165, 1.54) is 4.90 Å². The molecule has 0 aliphatic carbocycles. The van der Waals surface area contributed by atoms with E-state index in [1.54, 1.807) is 12.4 Å². The van der Waals surface area contributed by atoms with Gasteiger partial charge in [-0.15, -0.1) is 12.4 Å². The third kappa shape index (κ3) is 2.59. The third-order valence-corrected chi connectivity index (χ3v) is 2.14. The predicted molar refractivity (Wildman–Crippen MR) is 60.5 cm³/mol. The van der Waals surface area contributed by atoms with Crippen molar-refractivity contribution in [1.82, 2.24) is 9.97 Å². The maximum absolute atomic E-state index is 11.3. The van der Waals surface area contributed by atoms with Crippen LogP contribution in [0.2, 0.25) is 0 Å². The Bertz CT molecular complexity index is 357. The molecule has 1 aromatic heterocycles. The molecule has 0 saturated carbocycles. The van der Waals surface area contributed by atoms with Crippen LogP contribution in [0, 0.1) is 0 Å². The van der Waals surface area contributed by atoms with E-state index < -0.39 is 0 Å². The minimum absolute atomic E-state index is 0. The first-order chi connectivity index (χ1) is 7.31. The van der Waals surface area contributed by atoms with Crippen molar-refractivity contribution in [2.24, 2.45) is 5.73 Å². The van der Waals surface area contributed by atoms with Crippen LogP contribution in [0.3, 0.4) is 0 Å². The van der Waals surface area contributed by atoms with Crippen LogP contribution in [0.15, 0.2) is 12.4 Å². The summed E-state index contributed by atoms with van der Waals surface area (Å²) in [5.41, 5.74) is 6.26. The molecule has 88 valence electrons. The van der Waals surface area contributed by atoms with Gasteiger partial charge in [0.25, 0.3) is 0 Å². The highest BCUT2D eigenvalue weighted by molar-refractivity contribution is 5.86. The highest BCUT2D eigenvalue weighted by Crippen LogP contribution is 2.12. The number of amides is 1. The first kappa shape index (κ1) is 12.7. The second kappa shape index (κ2) is 5.62. The number of ether oxygens (including phenoxy) is 1. The van der Waals surface area contributed by atoms with E-state index in [0.29, 0.717) is 25.6 Å². The second-order valence-corrected chi connectivity index (χ2v) is 3.21. The van der Waals surface area contributed by atoms with Crippen molar-refractivity contribution < 1.29 is 9.53 Å². The Balaban J connectivity index is 0.00000128. The number of anilines is 1. The number of nitrogens with two attached hydrogens (primary N) is 1. The van der Waals surface area contributed by atoms with E-state index in [4.69, 9.17) is 10.5 Å². The van der Waals surface area contributed by atoms with Gasteiger partial charge in [-0.3, -0.25) is 0 Å². The summed E-state index contributed by atoms with van der Waals surface area (Å²) in [7, 11) is 0. The molecule has 0 spiro atoms. The number of carbonyl (C=O) groups is 1. The van der Waals surface area contributed by atoms with Gasteiger partial charge in [-0.25, -0.2) is 19.7 Å². The topological polar surface area (TPSA) is 81.3 Å². The summed E-state index contributed by atoms with van der Waals surface area (Å²) >= 11 is 0. The predicted octanol–water partition coefficient (Wildman–Crippen LogP) is 0.704. The summed E-state index contributed by atoms with van der Waals surface area (Å²) in [5.74, 6) is 0.372. The third-order valence-electron chi connectivity index (χ3n) is 2.14. The average Bonchev–Trinajstić information content (AvgIpc) is 2.30. The van der Waals surface area contributed by atoms with E-state index in [0.717, 1.165) is 12.0 Å². The average molecular weight is 245 g/mol. The minimum atomic E-state index is -0.387. The van der Waals surface area contributed by atoms with E-state index in [1.807, 2.05) is 0 Å². The zero-order valence-corrected chi connectivity index (χ0v) is 9.44. The first-order valence-electron chi connectivity index (χ1n) is 4.76. The number of carbonyl (C=O) groups excluding carboxylic acids is 1. The molecule has 0 unspecified atom stereocenters. The van der Waals surface area contributed by atoms with Gasteiger partial charge in [-0.1, -0.05) is 0 Å². The van der Waals surface area contributed by atoms with Gasteiger partial charge >= 0.3 is 6.09 Å². The van der Waals surface area contributed by atoms with Crippen LogP contribution in [-0.4, -0.2) is 29.2 Å². The minimum Gasteiger partial charge on any atom is -0.449 e. The normalized spacial score (nSPS) is 15.3. The Morgan fingerprint density at radius 1 is 1.44 bits per heavy atom. The molecular formula is C9H13ClN4O2. The largest absolute Gasteiger partial charge is 0.449 e. The van der Waals surface area contributed by atoms with E-state index in [2.05, 4.69) is 9.97 Å². The number of hydrogen-bond donors (Lipinski definition) is 1. The number of hydrogen-bond acceptors (Lipinski definition) is 5. The Morgan fingerprint density at radius 2 is 2.12 bits per heavy atom. The lowest BCUT2D eigenvalue weighted by Crippen LogP contribution is -2.38. The van der Waals surface area contributed by atoms with Gasteiger partial charge in [0.1, 0.15) is 0 Å². The molecule has 1 saturated heterocycles. The van der Waals surface area contributed by atoms with Gasteiger partial charge in [0.05, 0.1) is 6.61 Å². The molecule has 2 N–H and O–H groups in total. The van der Waals surface area contributed by atoms with Crippen LogP contribution >= 0.6 is 12.4 Å². The molecule has 2 heterocycles. The fourth-order valence-electron chi connectivity index (χ4n) is 1.33. The van der Waals surface area contributed by atoms with Crippen molar-refractivity contribution in [3.05, 3.63) is 18.0 Å². The summed E-state index contributed by atoms with van der Waals surface area (Å²) in [6.07, 6.45) is 3.64. The SMILES string of the molecule is Cl.NCc1cnc(N2CCCOC2=O)nc1. The molecule has 0 atom stereocenters. The number of nitrogens with zero attached hydrogens (tertiary/aromatic N) is 3. The van der Waals surface area contributed by atoms with Crippen molar-refractivity contribution in [2.45, 2.75) is 13.0 Å². The van der Waals surface area contributed by atoms with Crippen LogP contribution in [0.1, 0.15) is 12.0 Å².